The highest BCUT2D eigenvalue weighted by Crippen LogP contribution is 2.25. The molecule has 1 saturated heterocycles. The monoisotopic (exact) mass is 379 g/mol. The molecule has 1 aliphatic rings. The number of anilines is 3. The van der Waals surface area contributed by atoms with Gasteiger partial charge in [0, 0.05) is 43.8 Å². The summed E-state index contributed by atoms with van der Waals surface area (Å²) >= 11 is 0. The number of benzene rings is 2. The summed E-state index contributed by atoms with van der Waals surface area (Å²) in [7, 11) is 1.68. The molecule has 1 aliphatic heterocycles. The zero-order valence-corrected chi connectivity index (χ0v) is 16.0. The predicted molar refractivity (Wildman–Crippen MR) is 113 cm³/mol. The maximum Gasteiger partial charge on any atom is 0.228 e. The maximum atomic E-state index is 9.16. The number of piperazine rings is 1. The van der Waals surface area contributed by atoms with Gasteiger partial charge in [-0.3, -0.25) is 0 Å². The Morgan fingerprint density at radius 3 is 2.39 bits per heavy atom. The molecule has 2 aromatic carbocycles. The van der Waals surface area contributed by atoms with Gasteiger partial charge in [0.25, 0.3) is 0 Å². The fourth-order valence-corrected chi connectivity index (χ4v) is 3.47. The Labute approximate surface area is 164 Å². The van der Waals surface area contributed by atoms with Crippen LogP contribution in [0.25, 0.3) is 10.9 Å². The molecule has 7 nitrogen and oxygen atoms in total. The third kappa shape index (κ3) is 3.80. The van der Waals surface area contributed by atoms with Crippen LogP contribution in [0.4, 0.5) is 17.5 Å². The van der Waals surface area contributed by atoms with Gasteiger partial charge in [0.05, 0.1) is 19.2 Å². The van der Waals surface area contributed by atoms with Crippen LogP contribution < -0.4 is 19.9 Å². The summed E-state index contributed by atoms with van der Waals surface area (Å²) in [4.78, 5) is 14.1. The number of aliphatic hydroxyl groups excluding tert-OH is 1. The van der Waals surface area contributed by atoms with Crippen LogP contribution in [0.5, 0.6) is 5.75 Å². The molecule has 0 atom stereocenters. The van der Waals surface area contributed by atoms with Crippen molar-refractivity contribution in [2.24, 2.45) is 0 Å². The molecule has 3 aromatic rings. The minimum absolute atomic E-state index is 0.0637. The van der Waals surface area contributed by atoms with Crippen molar-refractivity contribution in [3.8, 4) is 5.75 Å². The highest BCUT2D eigenvalue weighted by molar-refractivity contribution is 5.90. The fraction of sp³-hybridized carbons (Fsp3) is 0.333. The predicted octanol–water partition coefficient (Wildman–Crippen LogP) is 2.37. The quantitative estimate of drug-likeness (QED) is 0.681. The molecule has 0 bridgehead atoms. The van der Waals surface area contributed by atoms with Gasteiger partial charge >= 0.3 is 0 Å². The molecule has 0 amide bonds. The first kappa shape index (κ1) is 18.3. The van der Waals surface area contributed by atoms with Crippen molar-refractivity contribution < 1.29 is 9.84 Å². The number of rotatable bonds is 6. The van der Waals surface area contributed by atoms with Crippen molar-refractivity contribution in [2.75, 3.05) is 61.6 Å². The van der Waals surface area contributed by atoms with Crippen LogP contribution >= 0.6 is 0 Å². The van der Waals surface area contributed by atoms with Crippen molar-refractivity contribution in [1.82, 2.24) is 9.97 Å². The molecule has 1 aromatic heterocycles. The Bertz CT molecular complexity index is 924. The summed E-state index contributed by atoms with van der Waals surface area (Å²) in [5, 5.41) is 13.3. The van der Waals surface area contributed by atoms with Crippen LogP contribution in [0.15, 0.2) is 48.5 Å². The minimum Gasteiger partial charge on any atom is -0.497 e. The number of fused-ring (bicyclic) bond motifs is 1. The molecule has 0 saturated carbocycles. The number of aromatic nitrogens is 2. The molecule has 2 heterocycles. The fourth-order valence-electron chi connectivity index (χ4n) is 3.47. The molecular weight excluding hydrogens is 354 g/mol. The van der Waals surface area contributed by atoms with E-state index in [4.69, 9.17) is 19.8 Å². The Morgan fingerprint density at radius 2 is 1.68 bits per heavy atom. The number of aliphatic hydroxyl groups is 1. The number of nitrogens with one attached hydrogen (secondary N) is 1. The third-order valence-electron chi connectivity index (χ3n) is 5.00. The third-order valence-corrected chi connectivity index (χ3v) is 5.00. The Kier molecular flexibility index (Phi) is 5.43. The molecule has 1 fully saturated rings. The highest BCUT2D eigenvalue weighted by atomic mass is 16.5. The molecule has 0 radical (unpaired) electrons. The lowest BCUT2D eigenvalue weighted by molar-refractivity contribution is 0.311. The van der Waals surface area contributed by atoms with E-state index in [1.807, 2.05) is 36.4 Å². The zero-order chi connectivity index (χ0) is 19.3. The van der Waals surface area contributed by atoms with E-state index in [1.54, 1.807) is 7.11 Å². The van der Waals surface area contributed by atoms with Crippen LogP contribution in [0, 0.1) is 0 Å². The van der Waals surface area contributed by atoms with Crippen LogP contribution in [0.2, 0.25) is 0 Å². The van der Waals surface area contributed by atoms with E-state index in [9.17, 15) is 0 Å². The summed E-state index contributed by atoms with van der Waals surface area (Å²) in [6.45, 7) is 4.04. The molecule has 146 valence electrons. The van der Waals surface area contributed by atoms with Crippen molar-refractivity contribution >= 4 is 28.4 Å². The largest absolute Gasteiger partial charge is 0.497 e. The van der Waals surface area contributed by atoms with Gasteiger partial charge in [0.2, 0.25) is 5.95 Å². The molecule has 2 N–H and O–H groups in total. The van der Waals surface area contributed by atoms with E-state index in [0.717, 1.165) is 54.6 Å². The van der Waals surface area contributed by atoms with Crippen LogP contribution in [0.1, 0.15) is 0 Å². The normalized spacial score (nSPS) is 14.4. The SMILES string of the molecule is COc1ccc(N2CCN(c3nc(NCCO)c4ccccc4n3)CC2)cc1. The van der Waals surface area contributed by atoms with Gasteiger partial charge in [-0.15, -0.1) is 0 Å². The molecule has 0 unspecified atom stereocenters. The molecular formula is C21H25N5O2. The second-order valence-corrected chi connectivity index (χ2v) is 6.71. The Morgan fingerprint density at radius 1 is 0.964 bits per heavy atom. The number of hydrogen-bond acceptors (Lipinski definition) is 7. The summed E-state index contributed by atoms with van der Waals surface area (Å²) in [6.07, 6.45) is 0. The van der Waals surface area contributed by atoms with Crippen LogP contribution in [-0.4, -0.2) is 61.5 Å². The first-order valence-electron chi connectivity index (χ1n) is 9.54. The first-order chi connectivity index (χ1) is 13.8. The lowest BCUT2D eigenvalue weighted by atomic mass is 10.2. The lowest BCUT2D eigenvalue weighted by Gasteiger charge is -2.36. The second kappa shape index (κ2) is 8.31. The smallest absolute Gasteiger partial charge is 0.228 e. The second-order valence-electron chi connectivity index (χ2n) is 6.71. The molecule has 4 rings (SSSR count). The molecule has 7 heteroatoms. The number of methoxy groups -OCH3 is 1. The Balaban J connectivity index is 1.51. The lowest BCUT2D eigenvalue weighted by Crippen LogP contribution is -2.47. The number of nitrogens with zero attached hydrogens (tertiary/aromatic N) is 4. The maximum absolute atomic E-state index is 9.16. The van der Waals surface area contributed by atoms with Gasteiger partial charge in [-0.05, 0) is 36.4 Å². The minimum atomic E-state index is 0.0637. The summed E-state index contributed by atoms with van der Waals surface area (Å²) < 4.78 is 5.24. The van der Waals surface area contributed by atoms with Gasteiger partial charge in [-0.1, -0.05) is 12.1 Å². The van der Waals surface area contributed by atoms with Gasteiger partial charge in [0.15, 0.2) is 0 Å². The van der Waals surface area contributed by atoms with Crippen LogP contribution in [-0.2, 0) is 0 Å². The summed E-state index contributed by atoms with van der Waals surface area (Å²) in [5.41, 5.74) is 2.11. The average molecular weight is 379 g/mol. The van der Waals surface area contributed by atoms with E-state index in [-0.39, 0.29) is 6.61 Å². The van der Waals surface area contributed by atoms with Gasteiger partial charge < -0.3 is 25.0 Å². The average Bonchev–Trinajstić information content (AvgIpc) is 2.77. The molecule has 0 spiro atoms. The van der Waals surface area contributed by atoms with Crippen molar-refractivity contribution in [3.05, 3.63) is 48.5 Å². The number of hydrogen-bond donors (Lipinski definition) is 2. The van der Waals surface area contributed by atoms with E-state index in [0.29, 0.717) is 6.54 Å². The van der Waals surface area contributed by atoms with Gasteiger partial charge in [-0.2, -0.15) is 4.98 Å². The van der Waals surface area contributed by atoms with E-state index >= 15 is 0 Å². The van der Waals surface area contributed by atoms with Crippen molar-refractivity contribution in [2.45, 2.75) is 0 Å². The summed E-state index contributed by atoms with van der Waals surface area (Å²) in [5.74, 6) is 2.37. The standard InChI is InChI=1S/C21H25N5O2/c1-28-17-8-6-16(7-9-17)25-11-13-26(14-12-25)21-23-19-5-3-2-4-18(19)20(24-21)22-10-15-27/h2-9,27H,10-15H2,1H3,(H,22,23,24). The van der Waals surface area contributed by atoms with Gasteiger partial charge in [-0.25, -0.2) is 4.98 Å². The van der Waals surface area contributed by atoms with Crippen molar-refractivity contribution in [3.63, 3.8) is 0 Å². The topological polar surface area (TPSA) is 73.8 Å². The number of ether oxygens (including phenoxy) is 1. The van der Waals surface area contributed by atoms with Crippen molar-refractivity contribution in [1.29, 1.82) is 0 Å². The van der Waals surface area contributed by atoms with Gasteiger partial charge in [0.1, 0.15) is 11.6 Å². The van der Waals surface area contributed by atoms with E-state index < -0.39 is 0 Å². The first-order valence-corrected chi connectivity index (χ1v) is 9.54. The van der Waals surface area contributed by atoms with E-state index in [1.165, 1.54) is 5.69 Å². The number of para-hydroxylation sites is 1. The zero-order valence-electron chi connectivity index (χ0n) is 16.0. The summed E-state index contributed by atoms with van der Waals surface area (Å²) in [6, 6.07) is 16.1. The van der Waals surface area contributed by atoms with Crippen LogP contribution in [0.3, 0.4) is 0 Å². The molecule has 0 aliphatic carbocycles. The molecule has 28 heavy (non-hydrogen) atoms. The van der Waals surface area contributed by atoms with E-state index in [2.05, 4.69) is 27.2 Å². The highest BCUT2D eigenvalue weighted by Gasteiger charge is 2.20. The Hall–Kier alpha value is -3.06.